The van der Waals surface area contributed by atoms with E-state index in [2.05, 4.69) is 5.32 Å². The number of nitrogens with one attached hydrogen (secondary N) is 1. The van der Waals surface area contributed by atoms with Gasteiger partial charge in [0.2, 0.25) is 0 Å². The van der Waals surface area contributed by atoms with Gasteiger partial charge in [0.1, 0.15) is 5.72 Å². The molecule has 2 heterocycles. The summed E-state index contributed by atoms with van der Waals surface area (Å²) in [5.41, 5.74) is -0.537. The van der Waals surface area contributed by atoms with Crippen LogP contribution in [0.15, 0.2) is 0 Å². The zero-order valence-electron chi connectivity index (χ0n) is 8.74. The van der Waals surface area contributed by atoms with Crippen molar-refractivity contribution >= 4 is 9.84 Å². The summed E-state index contributed by atoms with van der Waals surface area (Å²) in [7, 11) is -2.87. The Morgan fingerprint density at radius 3 is 2.67 bits per heavy atom. The standard InChI is InChI=1S/C10H17NO3S/c12-15(13)6-4-10(7-15)11-9(3-5-14-10)8-1-2-8/h8-9,11H,1-7H2. The van der Waals surface area contributed by atoms with Gasteiger partial charge in [0.15, 0.2) is 9.84 Å². The molecule has 2 atom stereocenters. The molecule has 2 saturated heterocycles. The molecule has 5 heteroatoms. The Kier molecular flexibility index (Phi) is 2.13. The molecule has 1 saturated carbocycles. The van der Waals surface area contributed by atoms with E-state index in [1.807, 2.05) is 0 Å². The first-order valence-electron chi connectivity index (χ1n) is 5.71. The number of ether oxygens (including phenoxy) is 1. The summed E-state index contributed by atoms with van der Waals surface area (Å²) in [4.78, 5) is 0. The number of hydrogen-bond donors (Lipinski definition) is 1. The Morgan fingerprint density at radius 1 is 1.27 bits per heavy atom. The van der Waals surface area contributed by atoms with E-state index in [9.17, 15) is 8.42 Å². The van der Waals surface area contributed by atoms with Crippen LogP contribution in [0.25, 0.3) is 0 Å². The van der Waals surface area contributed by atoms with E-state index in [0.717, 1.165) is 12.3 Å². The zero-order chi connectivity index (χ0) is 10.5. The Hall–Kier alpha value is -0.130. The largest absolute Gasteiger partial charge is 0.359 e. The van der Waals surface area contributed by atoms with Gasteiger partial charge >= 0.3 is 0 Å². The van der Waals surface area contributed by atoms with Gasteiger partial charge in [0, 0.05) is 12.5 Å². The summed E-state index contributed by atoms with van der Waals surface area (Å²) in [5, 5.41) is 3.44. The lowest BCUT2D eigenvalue weighted by Crippen LogP contribution is -2.58. The Bertz CT molecular complexity index is 363. The van der Waals surface area contributed by atoms with Gasteiger partial charge in [-0.05, 0) is 25.2 Å². The average Bonchev–Trinajstić information content (AvgIpc) is 2.95. The van der Waals surface area contributed by atoms with Crippen LogP contribution in [-0.4, -0.2) is 38.3 Å². The summed E-state index contributed by atoms with van der Waals surface area (Å²) in [6.45, 7) is 0.712. The van der Waals surface area contributed by atoms with Crippen molar-refractivity contribution in [3.8, 4) is 0 Å². The Labute approximate surface area is 90.3 Å². The maximum absolute atomic E-state index is 11.5. The van der Waals surface area contributed by atoms with E-state index < -0.39 is 15.6 Å². The average molecular weight is 231 g/mol. The molecule has 2 aliphatic heterocycles. The van der Waals surface area contributed by atoms with Gasteiger partial charge in [0.25, 0.3) is 0 Å². The minimum atomic E-state index is -2.87. The molecule has 3 rings (SSSR count). The highest BCUT2D eigenvalue weighted by Crippen LogP contribution is 2.38. The van der Waals surface area contributed by atoms with E-state index in [4.69, 9.17) is 4.74 Å². The van der Waals surface area contributed by atoms with E-state index in [1.54, 1.807) is 0 Å². The summed E-state index contributed by atoms with van der Waals surface area (Å²) >= 11 is 0. The summed E-state index contributed by atoms with van der Waals surface area (Å²) in [6.07, 6.45) is 4.24. The minimum absolute atomic E-state index is 0.170. The molecule has 0 aromatic carbocycles. The lowest BCUT2D eigenvalue weighted by Gasteiger charge is -2.39. The first-order chi connectivity index (χ1) is 7.09. The molecule has 0 aromatic rings. The highest BCUT2D eigenvalue weighted by Gasteiger charge is 2.48. The number of hydrogen-bond acceptors (Lipinski definition) is 4. The molecule has 4 nitrogen and oxygen atoms in total. The van der Waals surface area contributed by atoms with Crippen LogP contribution >= 0.6 is 0 Å². The van der Waals surface area contributed by atoms with Crippen LogP contribution in [0.3, 0.4) is 0 Å². The lowest BCUT2D eigenvalue weighted by atomic mass is 10.0. The van der Waals surface area contributed by atoms with Crippen LogP contribution in [0.5, 0.6) is 0 Å². The van der Waals surface area contributed by atoms with Crippen molar-refractivity contribution in [2.45, 2.75) is 37.5 Å². The smallest absolute Gasteiger partial charge is 0.154 e. The Balaban J connectivity index is 1.75. The number of sulfone groups is 1. The fraction of sp³-hybridized carbons (Fsp3) is 1.00. The van der Waals surface area contributed by atoms with Gasteiger partial charge in [-0.1, -0.05) is 0 Å². The fourth-order valence-electron chi connectivity index (χ4n) is 2.73. The molecule has 0 radical (unpaired) electrons. The van der Waals surface area contributed by atoms with E-state index in [1.165, 1.54) is 12.8 Å². The highest BCUT2D eigenvalue weighted by molar-refractivity contribution is 7.91. The van der Waals surface area contributed by atoms with Crippen molar-refractivity contribution in [2.24, 2.45) is 5.92 Å². The lowest BCUT2D eigenvalue weighted by molar-refractivity contribution is -0.0947. The zero-order valence-corrected chi connectivity index (χ0v) is 9.55. The first-order valence-corrected chi connectivity index (χ1v) is 7.53. The van der Waals surface area contributed by atoms with Gasteiger partial charge in [0.05, 0.1) is 18.1 Å². The topological polar surface area (TPSA) is 55.4 Å². The fourth-order valence-corrected chi connectivity index (χ4v) is 4.54. The molecule has 15 heavy (non-hydrogen) atoms. The molecule has 2 unspecified atom stereocenters. The monoisotopic (exact) mass is 231 g/mol. The summed E-state index contributed by atoms with van der Waals surface area (Å²) in [5.74, 6) is 1.22. The van der Waals surface area contributed by atoms with Crippen molar-refractivity contribution in [1.82, 2.24) is 5.32 Å². The van der Waals surface area contributed by atoms with Crippen LogP contribution in [0.4, 0.5) is 0 Å². The SMILES string of the molecule is O=S1(=O)CCC2(C1)NC(C1CC1)CCO2. The molecule has 1 aliphatic carbocycles. The second-order valence-electron chi connectivity index (χ2n) is 5.06. The van der Waals surface area contributed by atoms with Crippen molar-refractivity contribution < 1.29 is 13.2 Å². The van der Waals surface area contributed by atoms with E-state index in [-0.39, 0.29) is 11.5 Å². The molecule has 1 N–H and O–H groups in total. The van der Waals surface area contributed by atoms with Gasteiger partial charge < -0.3 is 4.74 Å². The molecule has 3 aliphatic rings. The van der Waals surface area contributed by atoms with Crippen molar-refractivity contribution in [1.29, 1.82) is 0 Å². The van der Waals surface area contributed by atoms with E-state index >= 15 is 0 Å². The molecular weight excluding hydrogens is 214 g/mol. The molecule has 1 spiro atoms. The van der Waals surface area contributed by atoms with Crippen LogP contribution in [0, 0.1) is 5.92 Å². The summed E-state index contributed by atoms with van der Waals surface area (Å²) in [6, 6.07) is 0.493. The minimum Gasteiger partial charge on any atom is -0.359 e. The second-order valence-corrected chi connectivity index (χ2v) is 7.25. The predicted octanol–water partition coefficient (Wildman–Crippen LogP) is 0.290. The Morgan fingerprint density at radius 2 is 2.07 bits per heavy atom. The molecular formula is C10H17NO3S. The van der Waals surface area contributed by atoms with Crippen LogP contribution in [-0.2, 0) is 14.6 Å². The molecule has 3 fully saturated rings. The van der Waals surface area contributed by atoms with Crippen molar-refractivity contribution in [3.63, 3.8) is 0 Å². The predicted molar refractivity (Wildman–Crippen MR) is 56.2 cm³/mol. The van der Waals surface area contributed by atoms with Gasteiger partial charge in [-0.3, -0.25) is 5.32 Å². The van der Waals surface area contributed by atoms with E-state index in [0.29, 0.717) is 19.1 Å². The van der Waals surface area contributed by atoms with Crippen LogP contribution in [0.1, 0.15) is 25.7 Å². The molecule has 86 valence electrons. The maximum Gasteiger partial charge on any atom is 0.154 e. The third kappa shape index (κ3) is 1.92. The highest BCUT2D eigenvalue weighted by atomic mass is 32.2. The normalized spacial score (nSPS) is 44.7. The van der Waals surface area contributed by atoms with Crippen molar-refractivity contribution in [2.75, 3.05) is 18.1 Å². The van der Waals surface area contributed by atoms with Crippen molar-refractivity contribution in [3.05, 3.63) is 0 Å². The third-order valence-electron chi connectivity index (χ3n) is 3.72. The summed E-state index contributed by atoms with van der Waals surface area (Å²) < 4.78 is 28.6. The second kappa shape index (κ2) is 3.18. The van der Waals surface area contributed by atoms with Gasteiger partial charge in [-0.25, -0.2) is 8.42 Å². The maximum atomic E-state index is 11.5. The van der Waals surface area contributed by atoms with Crippen LogP contribution in [0.2, 0.25) is 0 Å². The molecule has 0 bridgehead atoms. The van der Waals surface area contributed by atoms with Crippen LogP contribution < -0.4 is 5.32 Å². The quantitative estimate of drug-likeness (QED) is 0.705. The van der Waals surface area contributed by atoms with Gasteiger partial charge in [-0.15, -0.1) is 0 Å². The molecule has 0 aromatic heterocycles. The number of rotatable bonds is 1. The van der Waals surface area contributed by atoms with Gasteiger partial charge in [-0.2, -0.15) is 0 Å². The first kappa shape index (κ1) is 10.1. The molecule has 0 amide bonds. The third-order valence-corrected chi connectivity index (χ3v) is 5.45.